The molecule has 0 heterocycles. The summed E-state index contributed by atoms with van der Waals surface area (Å²) in [5.41, 5.74) is -0.0173. The number of rotatable bonds is 2. The molecule has 24 heavy (non-hydrogen) atoms. The van der Waals surface area contributed by atoms with Gasteiger partial charge in [-0.15, -0.1) is 0 Å². The van der Waals surface area contributed by atoms with Crippen molar-refractivity contribution in [3.8, 4) is 11.1 Å². The lowest BCUT2D eigenvalue weighted by atomic mass is 9.79. The van der Waals surface area contributed by atoms with Crippen LogP contribution in [0.4, 0.5) is 17.6 Å². The molecule has 1 aliphatic rings. The molecule has 0 unspecified atom stereocenters. The Bertz CT molecular complexity index is 759. The molecule has 0 saturated heterocycles. The van der Waals surface area contributed by atoms with Crippen molar-refractivity contribution < 1.29 is 17.6 Å². The van der Waals surface area contributed by atoms with Crippen molar-refractivity contribution in [1.29, 1.82) is 0 Å². The first kappa shape index (κ1) is 17.0. The first-order valence-corrected chi connectivity index (χ1v) is 8.33. The van der Waals surface area contributed by atoms with Gasteiger partial charge in [-0.1, -0.05) is 44.0 Å². The zero-order chi connectivity index (χ0) is 17.4. The van der Waals surface area contributed by atoms with Gasteiger partial charge in [-0.25, -0.2) is 17.6 Å². The fraction of sp³-hybridized carbons (Fsp3) is 0.400. The quantitative estimate of drug-likeness (QED) is 0.548. The van der Waals surface area contributed by atoms with Crippen molar-refractivity contribution in [2.45, 2.75) is 45.4 Å². The largest absolute Gasteiger partial charge is 0.203 e. The summed E-state index contributed by atoms with van der Waals surface area (Å²) in [5, 5.41) is 0. The minimum atomic E-state index is -1.15. The molecule has 0 amide bonds. The number of hydrogen-bond acceptors (Lipinski definition) is 0. The number of benzene rings is 2. The molecule has 4 heteroatoms. The van der Waals surface area contributed by atoms with Gasteiger partial charge in [-0.05, 0) is 42.7 Å². The summed E-state index contributed by atoms with van der Waals surface area (Å²) in [6, 6.07) is 5.53. The van der Waals surface area contributed by atoms with Crippen LogP contribution in [0, 0.1) is 36.1 Å². The lowest BCUT2D eigenvalue weighted by molar-refractivity contribution is 0.339. The molecular formula is C20H20F4. The molecule has 0 nitrogen and oxygen atoms in total. The summed E-state index contributed by atoms with van der Waals surface area (Å²) >= 11 is 0. The number of hydrogen-bond donors (Lipinski definition) is 0. The molecule has 0 aliphatic heterocycles. The van der Waals surface area contributed by atoms with E-state index >= 15 is 0 Å². The Morgan fingerprint density at radius 3 is 1.88 bits per heavy atom. The van der Waals surface area contributed by atoms with Crippen LogP contribution in [-0.2, 0) is 0 Å². The second-order valence-electron chi connectivity index (χ2n) is 6.85. The Labute approximate surface area is 139 Å². The second-order valence-corrected chi connectivity index (χ2v) is 6.85. The lowest BCUT2D eigenvalue weighted by Crippen LogP contribution is -2.13. The van der Waals surface area contributed by atoms with Crippen molar-refractivity contribution in [1.82, 2.24) is 0 Å². The van der Waals surface area contributed by atoms with Crippen molar-refractivity contribution >= 4 is 0 Å². The van der Waals surface area contributed by atoms with Crippen LogP contribution >= 0.6 is 0 Å². The van der Waals surface area contributed by atoms with Gasteiger partial charge in [-0.2, -0.15) is 0 Å². The van der Waals surface area contributed by atoms with Gasteiger partial charge in [0.1, 0.15) is 0 Å². The van der Waals surface area contributed by atoms with Crippen LogP contribution < -0.4 is 0 Å². The molecular weight excluding hydrogens is 316 g/mol. The first-order chi connectivity index (χ1) is 11.4. The van der Waals surface area contributed by atoms with Gasteiger partial charge in [0.15, 0.2) is 23.3 Å². The Morgan fingerprint density at radius 1 is 0.708 bits per heavy atom. The monoisotopic (exact) mass is 336 g/mol. The summed E-state index contributed by atoms with van der Waals surface area (Å²) in [6.45, 7) is 3.58. The second kappa shape index (κ2) is 6.58. The summed E-state index contributed by atoms with van der Waals surface area (Å²) in [4.78, 5) is 0. The minimum absolute atomic E-state index is 0.00986. The van der Waals surface area contributed by atoms with Crippen LogP contribution in [0.5, 0.6) is 0 Å². The first-order valence-electron chi connectivity index (χ1n) is 8.33. The van der Waals surface area contributed by atoms with Gasteiger partial charge in [0.05, 0.1) is 0 Å². The number of aryl methyl sites for hydroxylation is 1. The highest BCUT2D eigenvalue weighted by molar-refractivity contribution is 5.66. The predicted molar refractivity (Wildman–Crippen MR) is 86.8 cm³/mol. The third-order valence-corrected chi connectivity index (χ3v) is 5.13. The van der Waals surface area contributed by atoms with E-state index in [-0.39, 0.29) is 22.6 Å². The highest BCUT2D eigenvalue weighted by Gasteiger charge is 2.26. The van der Waals surface area contributed by atoms with E-state index in [4.69, 9.17) is 0 Å². The fourth-order valence-electron chi connectivity index (χ4n) is 3.51. The van der Waals surface area contributed by atoms with Gasteiger partial charge in [0.2, 0.25) is 0 Å². The molecule has 3 rings (SSSR count). The van der Waals surface area contributed by atoms with Crippen LogP contribution in [0.3, 0.4) is 0 Å². The highest BCUT2D eigenvalue weighted by Crippen LogP contribution is 2.39. The van der Waals surface area contributed by atoms with Crippen molar-refractivity contribution in [3.05, 3.63) is 58.7 Å². The summed E-state index contributed by atoms with van der Waals surface area (Å²) in [6.07, 6.45) is 3.63. The van der Waals surface area contributed by atoms with E-state index in [1.165, 1.54) is 31.2 Å². The Morgan fingerprint density at radius 2 is 1.25 bits per heavy atom. The SMILES string of the molecule is Cc1ccc(-c2ccc([C@H]3CC[C@H](C)CC3)c(F)c2F)c(F)c1F. The zero-order valence-electron chi connectivity index (χ0n) is 13.8. The maximum atomic E-state index is 14.5. The van der Waals surface area contributed by atoms with E-state index in [2.05, 4.69) is 6.92 Å². The van der Waals surface area contributed by atoms with Crippen molar-refractivity contribution in [2.24, 2.45) is 5.92 Å². The van der Waals surface area contributed by atoms with Crippen LogP contribution in [0.2, 0.25) is 0 Å². The Kier molecular flexibility index (Phi) is 4.66. The van der Waals surface area contributed by atoms with Gasteiger partial charge in [-0.3, -0.25) is 0 Å². The molecule has 1 aliphatic carbocycles. The van der Waals surface area contributed by atoms with Crippen LogP contribution in [0.15, 0.2) is 24.3 Å². The zero-order valence-corrected chi connectivity index (χ0v) is 13.8. The molecule has 0 N–H and O–H groups in total. The molecule has 0 radical (unpaired) electrons. The molecule has 0 bridgehead atoms. The molecule has 0 aromatic heterocycles. The van der Waals surface area contributed by atoms with Gasteiger partial charge >= 0.3 is 0 Å². The molecule has 2 aromatic carbocycles. The maximum Gasteiger partial charge on any atom is 0.167 e. The van der Waals surface area contributed by atoms with E-state index in [1.54, 1.807) is 0 Å². The average molecular weight is 336 g/mol. The smallest absolute Gasteiger partial charge is 0.167 e. The third kappa shape index (κ3) is 2.94. The van der Waals surface area contributed by atoms with Gasteiger partial charge in [0.25, 0.3) is 0 Å². The minimum Gasteiger partial charge on any atom is -0.203 e. The third-order valence-electron chi connectivity index (χ3n) is 5.13. The van der Waals surface area contributed by atoms with E-state index in [1.807, 2.05) is 0 Å². The van der Waals surface area contributed by atoms with Crippen molar-refractivity contribution in [2.75, 3.05) is 0 Å². The normalized spacial score (nSPS) is 21.1. The average Bonchev–Trinajstić information content (AvgIpc) is 2.57. The highest BCUT2D eigenvalue weighted by atomic mass is 19.2. The van der Waals surface area contributed by atoms with E-state index in [9.17, 15) is 17.6 Å². The Hall–Kier alpha value is -1.84. The number of halogens is 4. The van der Waals surface area contributed by atoms with E-state index < -0.39 is 23.3 Å². The predicted octanol–water partition coefficient (Wildman–Crippen LogP) is 6.51. The lowest BCUT2D eigenvalue weighted by Gasteiger charge is -2.27. The molecule has 128 valence electrons. The topological polar surface area (TPSA) is 0 Å². The van der Waals surface area contributed by atoms with Crippen LogP contribution in [-0.4, -0.2) is 0 Å². The van der Waals surface area contributed by atoms with E-state index in [0.29, 0.717) is 11.5 Å². The van der Waals surface area contributed by atoms with Crippen LogP contribution in [0.1, 0.15) is 49.7 Å². The van der Waals surface area contributed by atoms with E-state index in [0.717, 1.165) is 25.7 Å². The summed E-state index contributed by atoms with van der Waals surface area (Å²) in [5.74, 6) is -3.62. The Balaban J connectivity index is 2.01. The van der Waals surface area contributed by atoms with Crippen LogP contribution in [0.25, 0.3) is 11.1 Å². The standard InChI is InChI=1S/C20H20F4/c1-11-3-6-13(7-4-11)14-9-10-16(20(24)18(14)22)15-8-5-12(2)17(21)19(15)23/h5,8-11,13H,3-4,6-7H2,1-2H3/t11-,13-. The molecule has 0 spiro atoms. The molecule has 0 atom stereocenters. The van der Waals surface area contributed by atoms with Crippen molar-refractivity contribution in [3.63, 3.8) is 0 Å². The summed E-state index contributed by atoms with van der Waals surface area (Å²) in [7, 11) is 0. The molecule has 2 aromatic rings. The van der Waals surface area contributed by atoms with Gasteiger partial charge < -0.3 is 0 Å². The maximum absolute atomic E-state index is 14.5. The molecule has 1 saturated carbocycles. The fourth-order valence-corrected chi connectivity index (χ4v) is 3.51. The molecule has 1 fully saturated rings. The summed E-state index contributed by atoms with van der Waals surface area (Å²) < 4.78 is 56.9. The van der Waals surface area contributed by atoms with Gasteiger partial charge in [0, 0.05) is 11.1 Å².